The molecule has 0 atom stereocenters. The minimum atomic E-state index is -0.666. The number of carbonyl (C=O) groups excluding carboxylic acids is 1. The molecule has 144 valence electrons. The van der Waals surface area contributed by atoms with Crippen molar-refractivity contribution in [1.29, 1.82) is 0 Å². The van der Waals surface area contributed by atoms with Crippen LogP contribution in [0.1, 0.15) is 10.4 Å². The highest BCUT2D eigenvalue weighted by molar-refractivity contribution is 6.32. The number of hydrogen-bond acceptors (Lipinski definition) is 7. The number of nitrogens with one attached hydrogen (secondary N) is 2. The van der Waals surface area contributed by atoms with Gasteiger partial charge in [-0.05, 0) is 30.3 Å². The first-order valence-corrected chi connectivity index (χ1v) is 8.21. The number of nitro groups is 1. The van der Waals surface area contributed by atoms with Gasteiger partial charge in [0.25, 0.3) is 11.6 Å². The predicted molar refractivity (Wildman–Crippen MR) is 101 cm³/mol. The van der Waals surface area contributed by atoms with Gasteiger partial charge in [-0.15, -0.1) is 5.10 Å². The van der Waals surface area contributed by atoms with Crippen molar-refractivity contribution in [2.75, 3.05) is 19.5 Å². The van der Waals surface area contributed by atoms with Gasteiger partial charge in [0.15, 0.2) is 17.3 Å². The van der Waals surface area contributed by atoms with E-state index in [2.05, 4.69) is 20.5 Å². The Bertz CT molecular complexity index is 1050. The molecule has 11 heteroatoms. The lowest BCUT2D eigenvalue weighted by molar-refractivity contribution is -0.384. The molecule has 28 heavy (non-hydrogen) atoms. The van der Waals surface area contributed by atoms with Gasteiger partial charge >= 0.3 is 0 Å². The van der Waals surface area contributed by atoms with E-state index in [0.717, 1.165) is 6.07 Å². The maximum atomic E-state index is 12.3. The summed E-state index contributed by atoms with van der Waals surface area (Å²) >= 11 is 5.75. The first-order valence-electron chi connectivity index (χ1n) is 7.83. The molecule has 0 unspecified atom stereocenters. The highest BCUT2D eigenvalue weighted by Gasteiger charge is 2.18. The number of halogens is 1. The third-order valence-electron chi connectivity index (χ3n) is 3.77. The molecule has 0 radical (unpaired) electrons. The Morgan fingerprint density at radius 3 is 2.61 bits per heavy atom. The molecule has 3 rings (SSSR count). The maximum absolute atomic E-state index is 12.3. The summed E-state index contributed by atoms with van der Waals surface area (Å²) < 4.78 is 10.4. The number of benzene rings is 2. The molecule has 2 aromatic carbocycles. The summed E-state index contributed by atoms with van der Waals surface area (Å²) in [6.07, 6.45) is 0. The van der Waals surface area contributed by atoms with Crippen LogP contribution in [0.4, 0.5) is 11.6 Å². The Kier molecular flexibility index (Phi) is 5.41. The molecule has 1 heterocycles. The zero-order valence-corrected chi connectivity index (χ0v) is 15.5. The van der Waals surface area contributed by atoms with E-state index in [1.165, 1.54) is 26.4 Å². The van der Waals surface area contributed by atoms with E-state index in [9.17, 15) is 14.9 Å². The molecule has 0 spiro atoms. The van der Waals surface area contributed by atoms with Crippen LogP contribution in [0.5, 0.6) is 11.5 Å². The fourth-order valence-corrected chi connectivity index (χ4v) is 2.58. The van der Waals surface area contributed by atoms with Crippen molar-refractivity contribution in [1.82, 2.24) is 15.2 Å². The van der Waals surface area contributed by atoms with Crippen LogP contribution in [0.3, 0.4) is 0 Å². The van der Waals surface area contributed by atoms with Gasteiger partial charge in [0.1, 0.15) is 5.02 Å². The van der Waals surface area contributed by atoms with Gasteiger partial charge in [0.2, 0.25) is 5.95 Å². The van der Waals surface area contributed by atoms with Gasteiger partial charge in [-0.25, -0.2) is 0 Å². The van der Waals surface area contributed by atoms with Crippen molar-refractivity contribution in [3.63, 3.8) is 0 Å². The molecule has 0 aliphatic rings. The third kappa shape index (κ3) is 3.86. The van der Waals surface area contributed by atoms with E-state index in [1.807, 2.05) is 0 Å². The molecular weight excluding hydrogens is 390 g/mol. The van der Waals surface area contributed by atoms with Gasteiger partial charge in [-0.1, -0.05) is 11.6 Å². The van der Waals surface area contributed by atoms with Gasteiger partial charge in [-0.3, -0.25) is 25.3 Å². The lowest BCUT2D eigenvalue weighted by Crippen LogP contribution is -2.13. The lowest BCUT2D eigenvalue weighted by atomic mass is 10.2. The number of ether oxygens (including phenoxy) is 2. The second-order valence-electron chi connectivity index (χ2n) is 5.45. The average Bonchev–Trinajstić information content (AvgIpc) is 3.15. The topological polar surface area (TPSA) is 132 Å². The number of rotatable bonds is 6. The summed E-state index contributed by atoms with van der Waals surface area (Å²) in [4.78, 5) is 26.8. The van der Waals surface area contributed by atoms with Gasteiger partial charge in [-0.2, -0.15) is 4.98 Å². The zero-order chi connectivity index (χ0) is 20.3. The van der Waals surface area contributed by atoms with Crippen LogP contribution in [0.2, 0.25) is 5.02 Å². The molecule has 0 aliphatic carbocycles. The Hall–Kier alpha value is -3.66. The second kappa shape index (κ2) is 7.92. The van der Waals surface area contributed by atoms with Crippen molar-refractivity contribution in [3.05, 3.63) is 57.1 Å². The molecule has 1 aromatic heterocycles. The smallest absolute Gasteiger partial charge is 0.288 e. The average molecular weight is 404 g/mol. The van der Waals surface area contributed by atoms with Crippen molar-refractivity contribution in [2.24, 2.45) is 0 Å². The van der Waals surface area contributed by atoms with Crippen molar-refractivity contribution in [2.45, 2.75) is 0 Å². The molecule has 2 N–H and O–H groups in total. The minimum Gasteiger partial charge on any atom is -0.493 e. The van der Waals surface area contributed by atoms with E-state index < -0.39 is 10.8 Å². The predicted octanol–water partition coefficient (Wildman–Crippen LogP) is 3.30. The number of carbonyl (C=O) groups is 1. The van der Waals surface area contributed by atoms with E-state index in [-0.39, 0.29) is 22.2 Å². The second-order valence-corrected chi connectivity index (χ2v) is 5.86. The quantitative estimate of drug-likeness (QED) is 0.476. The maximum Gasteiger partial charge on any atom is 0.288 e. The number of aromatic nitrogens is 3. The van der Waals surface area contributed by atoms with Crippen LogP contribution in [-0.2, 0) is 0 Å². The van der Waals surface area contributed by atoms with Crippen molar-refractivity contribution >= 4 is 29.1 Å². The van der Waals surface area contributed by atoms with Crippen LogP contribution >= 0.6 is 11.6 Å². The summed E-state index contributed by atoms with van der Waals surface area (Å²) in [5.41, 5.74) is 0.344. The monoisotopic (exact) mass is 403 g/mol. The third-order valence-corrected chi connectivity index (χ3v) is 4.09. The number of nitro benzene ring substituents is 1. The number of anilines is 1. The summed E-state index contributed by atoms with van der Waals surface area (Å²) in [7, 11) is 3.04. The van der Waals surface area contributed by atoms with Crippen molar-refractivity contribution < 1.29 is 19.2 Å². The van der Waals surface area contributed by atoms with Gasteiger partial charge < -0.3 is 9.47 Å². The lowest BCUT2D eigenvalue weighted by Gasteiger charge is -2.07. The summed E-state index contributed by atoms with van der Waals surface area (Å²) in [5, 5.41) is 20.0. The van der Waals surface area contributed by atoms with Crippen LogP contribution in [-0.4, -0.2) is 40.2 Å². The number of amides is 1. The van der Waals surface area contributed by atoms with Crippen LogP contribution in [0, 0.1) is 10.1 Å². The summed E-state index contributed by atoms with van der Waals surface area (Å²) in [6, 6.07) is 8.89. The Morgan fingerprint density at radius 1 is 1.18 bits per heavy atom. The van der Waals surface area contributed by atoms with Crippen LogP contribution in [0.25, 0.3) is 11.4 Å². The van der Waals surface area contributed by atoms with Gasteiger partial charge in [0, 0.05) is 17.2 Å². The number of aromatic amines is 1. The fraction of sp³-hybridized carbons (Fsp3) is 0.118. The molecule has 1 amide bonds. The standard InChI is InChI=1S/C17H14ClN5O5/c1-27-13-6-4-9(8-14(13)28-2)15-19-17(22-21-15)20-16(24)10-3-5-11(18)12(7-10)23(25)26/h3-8H,1-2H3,(H2,19,20,21,22,24). The van der Waals surface area contributed by atoms with Crippen LogP contribution < -0.4 is 14.8 Å². The van der Waals surface area contributed by atoms with E-state index >= 15 is 0 Å². The summed E-state index contributed by atoms with van der Waals surface area (Å²) in [5.74, 6) is 0.849. The zero-order valence-electron chi connectivity index (χ0n) is 14.7. The van der Waals surface area contributed by atoms with Crippen LogP contribution in [0.15, 0.2) is 36.4 Å². The number of nitrogens with zero attached hydrogens (tertiary/aromatic N) is 3. The largest absolute Gasteiger partial charge is 0.493 e. The molecule has 10 nitrogen and oxygen atoms in total. The molecule has 0 fully saturated rings. The first-order chi connectivity index (χ1) is 13.4. The molecule has 0 saturated heterocycles. The fourth-order valence-electron chi connectivity index (χ4n) is 2.40. The van der Waals surface area contributed by atoms with Crippen molar-refractivity contribution in [3.8, 4) is 22.9 Å². The number of hydrogen-bond donors (Lipinski definition) is 2. The van der Waals surface area contributed by atoms with E-state index in [1.54, 1.807) is 18.2 Å². The molecular formula is C17H14ClN5O5. The molecule has 0 saturated carbocycles. The Labute approximate surface area is 163 Å². The minimum absolute atomic E-state index is 0.00684. The Morgan fingerprint density at radius 2 is 1.93 bits per heavy atom. The highest BCUT2D eigenvalue weighted by atomic mass is 35.5. The normalized spacial score (nSPS) is 10.4. The SMILES string of the molecule is COc1ccc(-c2nc(NC(=O)c3ccc(Cl)c([N+](=O)[O-])c3)n[nH]2)cc1OC. The van der Waals surface area contributed by atoms with Gasteiger partial charge in [0.05, 0.1) is 19.1 Å². The highest BCUT2D eigenvalue weighted by Crippen LogP contribution is 2.31. The first kappa shape index (κ1) is 19.1. The Balaban J connectivity index is 1.81. The molecule has 0 bridgehead atoms. The molecule has 3 aromatic rings. The number of methoxy groups -OCH3 is 2. The van der Waals surface area contributed by atoms with E-state index in [4.69, 9.17) is 21.1 Å². The van der Waals surface area contributed by atoms with E-state index in [0.29, 0.717) is 22.9 Å². The molecule has 0 aliphatic heterocycles. The number of H-pyrrole nitrogens is 1. The summed E-state index contributed by atoms with van der Waals surface area (Å²) in [6.45, 7) is 0.